The molecule has 2 fully saturated rings. The van der Waals surface area contributed by atoms with Crippen molar-refractivity contribution in [2.24, 2.45) is 0 Å². The molecule has 2 unspecified atom stereocenters. The predicted octanol–water partition coefficient (Wildman–Crippen LogP) is 2.27. The SMILES string of the molecule is CC.CN1CC2CC1CN2C(=O)CCC(F)(F)F. The van der Waals surface area contributed by atoms with E-state index in [0.717, 1.165) is 13.0 Å². The van der Waals surface area contributed by atoms with Crippen molar-refractivity contribution in [1.29, 1.82) is 0 Å². The molecule has 2 atom stereocenters. The highest BCUT2D eigenvalue weighted by atomic mass is 19.4. The van der Waals surface area contributed by atoms with E-state index in [4.69, 9.17) is 0 Å². The number of fused-ring (bicyclic) bond motifs is 2. The molecule has 0 aromatic heterocycles. The van der Waals surface area contributed by atoms with E-state index >= 15 is 0 Å². The summed E-state index contributed by atoms with van der Waals surface area (Å²) in [5.41, 5.74) is 0. The van der Waals surface area contributed by atoms with Crippen LogP contribution in [-0.4, -0.2) is 54.1 Å². The normalized spacial score (nSPS) is 27.1. The Balaban J connectivity index is 0.000000771. The summed E-state index contributed by atoms with van der Waals surface area (Å²) in [5, 5.41) is 0. The molecule has 2 heterocycles. The maximum absolute atomic E-state index is 12.0. The predicted molar refractivity (Wildman–Crippen MR) is 63.2 cm³/mol. The molecule has 2 saturated heterocycles. The molecule has 2 rings (SSSR count). The minimum atomic E-state index is -4.23. The Kier molecular flexibility index (Phi) is 5.01. The molecule has 2 aliphatic heterocycles. The minimum absolute atomic E-state index is 0.135. The molecule has 0 saturated carbocycles. The molecule has 6 heteroatoms. The van der Waals surface area contributed by atoms with Crippen LogP contribution in [0.1, 0.15) is 33.1 Å². The van der Waals surface area contributed by atoms with Gasteiger partial charge in [0.2, 0.25) is 5.91 Å². The molecule has 0 aliphatic carbocycles. The van der Waals surface area contributed by atoms with Crippen molar-refractivity contribution in [1.82, 2.24) is 9.80 Å². The van der Waals surface area contributed by atoms with Crippen molar-refractivity contribution < 1.29 is 18.0 Å². The van der Waals surface area contributed by atoms with Crippen LogP contribution in [0, 0.1) is 0 Å². The lowest BCUT2D eigenvalue weighted by Crippen LogP contribution is -2.47. The summed E-state index contributed by atoms with van der Waals surface area (Å²) in [7, 11) is 1.99. The summed E-state index contributed by atoms with van der Waals surface area (Å²) in [4.78, 5) is 15.4. The lowest BCUT2D eigenvalue weighted by atomic mass is 10.2. The highest BCUT2D eigenvalue weighted by Gasteiger charge is 2.43. The number of nitrogens with zero attached hydrogens (tertiary/aromatic N) is 2. The van der Waals surface area contributed by atoms with Crippen LogP contribution in [0.15, 0.2) is 0 Å². The fourth-order valence-corrected chi connectivity index (χ4v) is 2.56. The van der Waals surface area contributed by atoms with E-state index < -0.39 is 19.0 Å². The van der Waals surface area contributed by atoms with Crippen LogP contribution in [0.25, 0.3) is 0 Å². The van der Waals surface area contributed by atoms with Gasteiger partial charge in [0, 0.05) is 31.6 Å². The second-order valence-electron chi connectivity index (χ2n) is 4.64. The summed E-state index contributed by atoms with van der Waals surface area (Å²) in [5.74, 6) is -0.349. The minimum Gasteiger partial charge on any atom is -0.337 e. The average molecular weight is 266 g/mol. The molecule has 0 aromatic rings. The first-order valence-corrected chi connectivity index (χ1v) is 6.43. The molecule has 0 aromatic carbocycles. The molecule has 0 N–H and O–H groups in total. The number of likely N-dealkylation sites (tertiary alicyclic amines) is 2. The highest BCUT2D eigenvalue weighted by molar-refractivity contribution is 5.77. The van der Waals surface area contributed by atoms with Gasteiger partial charge in [-0.2, -0.15) is 13.2 Å². The number of rotatable bonds is 2. The van der Waals surface area contributed by atoms with E-state index in [1.165, 1.54) is 0 Å². The average Bonchev–Trinajstić information content (AvgIpc) is 2.86. The summed E-state index contributed by atoms with van der Waals surface area (Å²) >= 11 is 0. The van der Waals surface area contributed by atoms with Gasteiger partial charge >= 0.3 is 6.18 Å². The van der Waals surface area contributed by atoms with Crippen LogP contribution in [0.5, 0.6) is 0 Å². The number of carbonyl (C=O) groups is 1. The fourth-order valence-electron chi connectivity index (χ4n) is 2.56. The van der Waals surface area contributed by atoms with Gasteiger partial charge in [0.25, 0.3) is 0 Å². The van der Waals surface area contributed by atoms with Gasteiger partial charge in [0.15, 0.2) is 0 Å². The van der Waals surface area contributed by atoms with Crippen molar-refractivity contribution >= 4 is 5.91 Å². The molecule has 3 nitrogen and oxygen atoms in total. The summed E-state index contributed by atoms with van der Waals surface area (Å²) in [6, 6.07) is 0.482. The first kappa shape index (κ1) is 15.3. The topological polar surface area (TPSA) is 23.6 Å². The fraction of sp³-hybridized carbons (Fsp3) is 0.917. The maximum Gasteiger partial charge on any atom is 0.389 e. The van der Waals surface area contributed by atoms with Crippen molar-refractivity contribution in [2.75, 3.05) is 20.1 Å². The zero-order chi connectivity index (χ0) is 13.9. The summed E-state index contributed by atoms with van der Waals surface area (Å²) < 4.78 is 35.9. The Morgan fingerprint density at radius 1 is 1.22 bits per heavy atom. The molecule has 18 heavy (non-hydrogen) atoms. The van der Waals surface area contributed by atoms with Crippen LogP contribution in [0.3, 0.4) is 0 Å². The van der Waals surface area contributed by atoms with Gasteiger partial charge in [0.1, 0.15) is 0 Å². The largest absolute Gasteiger partial charge is 0.389 e. The third-order valence-electron chi connectivity index (χ3n) is 3.46. The van der Waals surface area contributed by atoms with Crippen LogP contribution in [-0.2, 0) is 4.79 Å². The second-order valence-corrected chi connectivity index (χ2v) is 4.64. The van der Waals surface area contributed by atoms with E-state index in [1.807, 2.05) is 20.9 Å². The number of amides is 1. The van der Waals surface area contributed by atoms with Gasteiger partial charge in [0.05, 0.1) is 6.42 Å². The standard InChI is InChI=1S/C10H15F3N2O.C2H6/c1-14-5-8-4-7(14)6-15(8)9(16)2-3-10(11,12)13;1-2/h7-8H,2-6H2,1H3;1-2H3. The molecular weight excluding hydrogens is 245 g/mol. The number of likely N-dealkylation sites (N-methyl/N-ethyl adjacent to an activating group) is 1. The number of hydrogen-bond donors (Lipinski definition) is 0. The Bertz CT molecular complexity index is 292. The van der Waals surface area contributed by atoms with Gasteiger partial charge in [-0.15, -0.1) is 0 Å². The first-order chi connectivity index (χ1) is 8.37. The van der Waals surface area contributed by atoms with Gasteiger partial charge in [-0.05, 0) is 13.5 Å². The number of hydrogen-bond acceptors (Lipinski definition) is 2. The van der Waals surface area contributed by atoms with Gasteiger partial charge in [-0.3, -0.25) is 9.69 Å². The quantitative estimate of drug-likeness (QED) is 0.765. The number of alkyl halides is 3. The molecule has 2 aliphatic rings. The van der Waals surface area contributed by atoms with Crippen molar-refractivity contribution in [2.45, 2.75) is 51.4 Å². The number of carbonyl (C=O) groups excluding carboxylic acids is 1. The van der Waals surface area contributed by atoms with Crippen LogP contribution >= 0.6 is 0 Å². The number of piperazine rings is 1. The number of halogens is 3. The Hall–Kier alpha value is -0.780. The van der Waals surface area contributed by atoms with Crippen LogP contribution < -0.4 is 0 Å². The van der Waals surface area contributed by atoms with Gasteiger partial charge in [-0.25, -0.2) is 0 Å². The highest BCUT2D eigenvalue weighted by Crippen LogP contribution is 2.31. The zero-order valence-electron chi connectivity index (χ0n) is 11.1. The maximum atomic E-state index is 12.0. The van der Waals surface area contributed by atoms with Crippen LogP contribution in [0.2, 0.25) is 0 Å². The first-order valence-electron chi connectivity index (χ1n) is 6.43. The Morgan fingerprint density at radius 3 is 2.22 bits per heavy atom. The lowest BCUT2D eigenvalue weighted by Gasteiger charge is -2.32. The van der Waals surface area contributed by atoms with E-state index in [9.17, 15) is 18.0 Å². The van der Waals surface area contributed by atoms with E-state index in [-0.39, 0.29) is 11.9 Å². The van der Waals surface area contributed by atoms with Crippen LogP contribution in [0.4, 0.5) is 13.2 Å². The summed E-state index contributed by atoms with van der Waals surface area (Å²) in [6.45, 7) is 5.39. The Labute approximate surface area is 106 Å². The third kappa shape index (κ3) is 3.60. The van der Waals surface area contributed by atoms with Crippen molar-refractivity contribution in [3.63, 3.8) is 0 Å². The molecule has 0 spiro atoms. The molecule has 2 bridgehead atoms. The van der Waals surface area contributed by atoms with Gasteiger partial charge < -0.3 is 4.90 Å². The molecule has 106 valence electrons. The van der Waals surface area contributed by atoms with E-state index in [2.05, 4.69) is 4.90 Å². The van der Waals surface area contributed by atoms with Gasteiger partial charge in [-0.1, -0.05) is 13.8 Å². The van der Waals surface area contributed by atoms with Crippen molar-refractivity contribution in [3.8, 4) is 0 Å². The second kappa shape index (κ2) is 5.91. The Morgan fingerprint density at radius 2 is 1.83 bits per heavy atom. The zero-order valence-corrected chi connectivity index (χ0v) is 11.1. The van der Waals surface area contributed by atoms with Crippen molar-refractivity contribution in [3.05, 3.63) is 0 Å². The smallest absolute Gasteiger partial charge is 0.337 e. The van der Waals surface area contributed by atoms with E-state index in [1.54, 1.807) is 4.90 Å². The molecule has 1 amide bonds. The monoisotopic (exact) mass is 266 g/mol. The van der Waals surface area contributed by atoms with E-state index in [0.29, 0.717) is 12.6 Å². The lowest BCUT2D eigenvalue weighted by molar-refractivity contribution is -0.150. The summed E-state index contributed by atoms with van der Waals surface area (Å²) in [6.07, 6.45) is -4.73. The molecule has 0 radical (unpaired) electrons. The molecular formula is C12H21F3N2O. The third-order valence-corrected chi connectivity index (χ3v) is 3.46.